The lowest BCUT2D eigenvalue weighted by Gasteiger charge is -2.31. The average molecular weight is 180 g/mol. The number of aliphatic hydroxyl groups is 1. The van der Waals surface area contributed by atoms with Gasteiger partial charge in [0.2, 0.25) is 0 Å². The summed E-state index contributed by atoms with van der Waals surface area (Å²) in [6.45, 7) is 6.31. The summed E-state index contributed by atoms with van der Waals surface area (Å²) in [4.78, 5) is 11.9. The second-order valence-electron chi connectivity index (χ2n) is 5.06. The van der Waals surface area contributed by atoms with Gasteiger partial charge in [-0.1, -0.05) is 20.8 Å². The summed E-state index contributed by atoms with van der Waals surface area (Å²) in [5.41, 5.74) is 0.448. The van der Waals surface area contributed by atoms with Crippen molar-refractivity contribution >= 4 is 5.78 Å². The van der Waals surface area contributed by atoms with Crippen molar-refractivity contribution in [3.05, 3.63) is 11.8 Å². The van der Waals surface area contributed by atoms with Crippen molar-refractivity contribution in [2.45, 2.75) is 33.6 Å². The molecule has 2 nitrogen and oxygen atoms in total. The van der Waals surface area contributed by atoms with Crippen LogP contribution in [0.1, 0.15) is 33.6 Å². The zero-order valence-corrected chi connectivity index (χ0v) is 8.42. The van der Waals surface area contributed by atoms with Crippen LogP contribution in [0.3, 0.4) is 0 Å². The number of Topliss-reactive ketones (excluding diaryl/α,β-unsaturated/α-hetero) is 1. The number of aliphatic hydroxyl groups excluding tert-OH is 1. The van der Waals surface area contributed by atoms with Crippen molar-refractivity contribution in [2.24, 2.45) is 16.7 Å². The molecule has 0 aromatic rings. The summed E-state index contributed by atoms with van der Waals surface area (Å²) in [6.07, 6.45) is 3.04. The van der Waals surface area contributed by atoms with E-state index in [4.69, 9.17) is 5.11 Å². The van der Waals surface area contributed by atoms with Crippen LogP contribution in [0.15, 0.2) is 11.8 Å². The number of hydrogen-bond acceptors (Lipinski definition) is 2. The van der Waals surface area contributed by atoms with E-state index in [-0.39, 0.29) is 22.5 Å². The van der Waals surface area contributed by atoms with Gasteiger partial charge in [0.05, 0.1) is 6.26 Å². The first-order valence-electron chi connectivity index (χ1n) is 4.84. The minimum Gasteiger partial charge on any atom is -0.515 e. The number of carbonyl (C=O) groups is 1. The molecule has 0 heterocycles. The average Bonchev–Trinajstić information content (AvgIpc) is 2.36. The predicted octanol–water partition coefficient (Wildman–Crippen LogP) is 2.45. The number of hydrogen-bond donors (Lipinski definition) is 1. The molecule has 2 aliphatic carbocycles. The van der Waals surface area contributed by atoms with Crippen molar-refractivity contribution in [3.63, 3.8) is 0 Å². The predicted molar refractivity (Wildman–Crippen MR) is 50.3 cm³/mol. The number of fused-ring (bicyclic) bond motifs is 2. The fourth-order valence-corrected chi connectivity index (χ4v) is 3.08. The Balaban J connectivity index is 2.57. The molecule has 2 atom stereocenters. The largest absolute Gasteiger partial charge is 0.515 e. The van der Waals surface area contributed by atoms with Gasteiger partial charge in [-0.15, -0.1) is 0 Å². The van der Waals surface area contributed by atoms with E-state index >= 15 is 0 Å². The molecule has 0 aromatic heterocycles. The normalized spacial score (nSPS) is 44.7. The Labute approximate surface area is 78.6 Å². The molecule has 2 bridgehead atoms. The summed E-state index contributed by atoms with van der Waals surface area (Å²) in [5, 5.41) is 9.02. The Hall–Kier alpha value is -0.790. The molecule has 13 heavy (non-hydrogen) atoms. The van der Waals surface area contributed by atoms with Gasteiger partial charge in [-0.05, 0) is 24.2 Å². The van der Waals surface area contributed by atoms with E-state index in [0.29, 0.717) is 5.57 Å². The molecule has 0 radical (unpaired) electrons. The van der Waals surface area contributed by atoms with E-state index < -0.39 is 0 Å². The second kappa shape index (κ2) is 2.17. The molecule has 0 spiro atoms. The van der Waals surface area contributed by atoms with Gasteiger partial charge in [0.1, 0.15) is 0 Å². The molecule has 0 aliphatic heterocycles. The standard InChI is InChI=1S/C11H16O2/c1-10(2)8-4-5-11(10,3)9(13)7(8)6-12/h6,8,12H,4-5H2,1-3H3/b7-6-/t8-,11+/m0/s1. The van der Waals surface area contributed by atoms with Crippen LogP contribution in [0.25, 0.3) is 0 Å². The van der Waals surface area contributed by atoms with Crippen LogP contribution in [0.2, 0.25) is 0 Å². The van der Waals surface area contributed by atoms with Gasteiger partial charge in [-0.25, -0.2) is 0 Å². The monoisotopic (exact) mass is 180 g/mol. The molecule has 0 saturated heterocycles. The molecule has 1 N–H and O–H groups in total. The maximum atomic E-state index is 11.9. The van der Waals surface area contributed by atoms with Crippen molar-refractivity contribution < 1.29 is 9.90 Å². The van der Waals surface area contributed by atoms with Gasteiger partial charge in [-0.3, -0.25) is 4.79 Å². The SMILES string of the molecule is CC1(C)[C@H]2CC[C@]1(C)C(=O)/C2=C\O. The van der Waals surface area contributed by atoms with Crippen molar-refractivity contribution in [1.82, 2.24) is 0 Å². The van der Waals surface area contributed by atoms with Gasteiger partial charge in [-0.2, -0.15) is 0 Å². The molecule has 0 aromatic carbocycles. The minimum atomic E-state index is -0.230. The van der Waals surface area contributed by atoms with Gasteiger partial charge in [0, 0.05) is 11.0 Å². The summed E-state index contributed by atoms with van der Waals surface area (Å²) in [7, 11) is 0. The highest BCUT2D eigenvalue weighted by atomic mass is 16.2. The Bertz CT molecular complexity index is 301. The lowest BCUT2D eigenvalue weighted by atomic mass is 9.70. The molecule has 2 rings (SSSR count). The highest BCUT2D eigenvalue weighted by molar-refractivity contribution is 6.04. The third kappa shape index (κ3) is 0.725. The van der Waals surface area contributed by atoms with Gasteiger partial charge >= 0.3 is 0 Å². The van der Waals surface area contributed by atoms with Crippen LogP contribution >= 0.6 is 0 Å². The lowest BCUT2D eigenvalue weighted by molar-refractivity contribution is -0.125. The van der Waals surface area contributed by atoms with Crippen LogP contribution in [0.5, 0.6) is 0 Å². The van der Waals surface area contributed by atoms with Gasteiger partial charge in [0.25, 0.3) is 0 Å². The van der Waals surface area contributed by atoms with Crippen molar-refractivity contribution in [2.75, 3.05) is 0 Å². The highest BCUT2D eigenvalue weighted by Crippen LogP contribution is 2.65. The van der Waals surface area contributed by atoms with Crippen LogP contribution in [0, 0.1) is 16.7 Å². The maximum Gasteiger partial charge on any atom is 0.168 e. The van der Waals surface area contributed by atoms with Crippen LogP contribution in [-0.2, 0) is 4.79 Å². The topological polar surface area (TPSA) is 37.3 Å². The van der Waals surface area contributed by atoms with Crippen molar-refractivity contribution in [3.8, 4) is 0 Å². The quantitative estimate of drug-likeness (QED) is 0.459. The summed E-state index contributed by atoms with van der Waals surface area (Å²) in [5.74, 6) is 0.436. The fourth-order valence-electron chi connectivity index (χ4n) is 3.08. The Kier molecular flexibility index (Phi) is 1.47. The molecule has 72 valence electrons. The molecule has 2 aliphatic rings. The molecule has 2 saturated carbocycles. The van der Waals surface area contributed by atoms with Gasteiger partial charge in [0.15, 0.2) is 5.78 Å². The smallest absolute Gasteiger partial charge is 0.168 e. The van der Waals surface area contributed by atoms with E-state index in [0.717, 1.165) is 19.1 Å². The van der Waals surface area contributed by atoms with Gasteiger partial charge < -0.3 is 5.11 Å². The van der Waals surface area contributed by atoms with Crippen molar-refractivity contribution in [1.29, 1.82) is 0 Å². The summed E-state index contributed by atoms with van der Waals surface area (Å²) >= 11 is 0. The third-order valence-corrected chi connectivity index (χ3v) is 4.50. The zero-order chi connectivity index (χ0) is 9.85. The molecule has 0 unspecified atom stereocenters. The van der Waals surface area contributed by atoms with Crippen LogP contribution in [0.4, 0.5) is 0 Å². The first-order valence-corrected chi connectivity index (χ1v) is 4.84. The molecular formula is C11H16O2. The van der Waals surface area contributed by atoms with E-state index in [1.54, 1.807) is 0 Å². The highest BCUT2D eigenvalue weighted by Gasteiger charge is 2.64. The van der Waals surface area contributed by atoms with E-state index in [1.807, 2.05) is 6.92 Å². The molecular weight excluding hydrogens is 164 g/mol. The van der Waals surface area contributed by atoms with Crippen LogP contribution < -0.4 is 0 Å². The number of ketones is 1. The maximum absolute atomic E-state index is 11.9. The number of allylic oxidation sites excluding steroid dienone is 1. The van der Waals surface area contributed by atoms with E-state index in [9.17, 15) is 4.79 Å². The first kappa shape index (κ1) is 8.79. The minimum absolute atomic E-state index is 0.0264. The van der Waals surface area contributed by atoms with E-state index in [1.165, 1.54) is 0 Å². The number of carbonyl (C=O) groups excluding carboxylic acids is 1. The molecule has 2 fully saturated rings. The second-order valence-corrected chi connectivity index (χ2v) is 5.06. The molecule has 0 amide bonds. The lowest BCUT2D eigenvalue weighted by Crippen LogP contribution is -2.32. The summed E-state index contributed by atoms with van der Waals surface area (Å²) < 4.78 is 0. The fraction of sp³-hybridized carbons (Fsp3) is 0.727. The Morgan fingerprint density at radius 3 is 2.38 bits per heavy atom. The Morgan fingerprint density at radius 2 is 2.08 bits per heavy atom. The zero-order valence-electron chi connectivity index (χ0n) is 8.42. The Morgan fingerprint density at radius 1 is 1.46 bits per heavy atom. The van der Waals surface area contributed by atoms with E-state index in [2.05, 4.69) is 13.8 Å². The number of rotatable bonds is 0. The summed E-state index contributed by atoms with van der Waals surface area (Å²) in [6, 6.07) is 0. The third-order valence-electron chi connectivity index (χ3n) is 4.50. The van der Waals surface area contributed by atoms with Crippen LogP contribution in [-0.4, -0.2) is 10.9 Å². The molecule has 2 heteroatoms. The first-order chi connectivity index (χ1) is 5.95.